The van der Waals surface area contributed by atoms with Gasteiger partial charge in [-0.25, -0.2) is 9.97 Å². The molecule has 2 rings (SSSR count). The molecular formula is C13H15N3. The van der Waals surface area contributed by atoms with Gasteiger partial charge in [0.05, 0.1) is 0 Å². The summed E-state index contributed by atoms with van der Waals surface area (Å²) >= 11 is 0. The maximum absolute atomic E-state index is 5.73. The Kier molecular flexibility index (Phi) is 2.97. The molecule has 0 aliphatic rings. The van der Waals surface area contributed by atoms with Crippen LogP contribution in [0.5, 0.6) is 0 Å². The number of nitrogens with two attached hydrogens (primary N) is 1. The van der Waals surface area contributed by atoms with E-state index in [0.29, 0.717) is 6.54 Å². The first-order valence-corrected chi connectivity index (χ1v) is 5.31. The smallest absolute Gasteiger partial charge is 0.125 e. The first kappa shape index (κ1) is 10.8. The van der Waals surface area contributed by atoms with Crippen LogP contribution >= 0.6 is 0 Å². The van der Waals surface area contributed by atoms with E-state index in [4.69, 9.17) is 5.73 Å². The summed E-state index contributed by atoms with van der Waals surface area (Å²) in [6.07, 6.45) is 1.87. The molecular weight excluding hydrogens is 198 g/mol. The number of aromatic nitrogens is 2. The SMILES string of the molecule is Cc1ncc(-c2ccccc2CN)c(C)n1. The minimum absolute atomic E-state index is 0.531. The van der Waals surface area contributed by atoms with E-state index in [-0.39, 0.29) is 0 Å². The van der Waals surface area contributed by atoms with E-state index in [9.17, 15) is 0 Å². The zero-order chi connectivity index (χ0) is 11.5. The van der Waals surface area contributed by atoms with E-state index in [0.717, 1.165) is 28.2 Å². The largest absolute Gasteiger partial charge is 0.326 e. The van der Waals surface area contributed by atoms with Crippen molar-refractivity contribution in [2.24, 2.45) is 5.73 Å². The van der Waals surface area contributed by atoms with Crippen LogP contribution in [-0.2, 0) is 6.54 Å². The minimum atomic E-state index is 0.531. The molecule has 3 nitrogen and oxygen atoms in total. The second-order valence-electron chi connectivity index (χ2n) is 3.78. The Hall–Kier alpha value is -1.74. The molecule has 1 aromatic heterocycles. The summed E-state index contributed by atoms with van der Waals surface area (Å²) in [5.74, 6) is 0.798. The minimum Gasteiger partial charge on any atom is -0.326 e. The fraction of sp³-hybridized carbons (Fsp3) is 0.231. The van der Waals surface area contributed by atoms with Crippen LogP contribution in [0.15, 0.2) is 30.5 Å². The molecule has 0 aliphatic heterocycles. The van der Waals surface area contributed by atoms with Crippen LogP contribution in [0.2, 0.25) is 0 Å². The van der Waals surface area contributed by atoms with Crippen LogP contribution in [0.1, 0.15) is 17.1 Å². The molecule has 3 heteroatoms. The van der Waals surface area contributed by atoms with Crippen molar-refractivity contribution in [3.05, 3.63) is 47.5 Å². The van der Waals surface area contributed by atoms with Gasteiger partial charge in [-0.3, -0.25) is 0 Å². The van der Waals surface area contributed by atoms with Gasteiger partial charge in [-0.15, -0.1) is 0 Å². The van der Waals surface area contributed by atoms with Crippen LogP contribution in [0.3, 0.4) is 0 Å². The summed E-state index contributed by atoms with van der Waals surface area (Å²) in [5.41, 5.74) is 10.0. The monoisotopic (exact) mass is 213 g/mol. The molecule has 0 unspecified atom stereocenters. The highest BCUT2D eigenvalue weighted by Crippen LogP contribution is 2.24. The summed E-state index contributed by atoms with van der Waals surface area (Å²) in [5, 5.41) is 0. The first-order valence-electron chi connectivity index (χ1n) is 5.31. The lowest BCUT2D eigenvalue weighted by Gasteiger charge is -2.09. The Morgan fingerprint density at radius 1 is 1.12 bits per heavy atom. The Labute approximate surface area is 95.4 Å². The van der Waals surface area contributed by atoms with E-state index in [1.54, 1.807) is 0 Å². The van der Waals surface area contributed by atoms with Crippen molar-refractivity contribution in [2.75, 3.05) is 0 Å². The Bertz CT molecular complexity index is 506. The molecule has 0 radical (unpaired) electrons. The lowest BCUT2D eigenvalue weighted by molar-refractivity contribution is 1.01. The van der Waals surface area contributed by atoms with Crippen molar-refractivity contribution in [3.63, 3.8) is 0 Å². The van der Waals surface area contributed by atoms with Gasteiger partial charge >= 0.3 is 0 Å². The highest BCUT2D eigenvalue weighted by atomic mass is 14.9. The van der Waals surface area contributed by atoms with Crippen LogP contribution in [0.25, 0.3) is 11.1 Å². The molecule has 0 amide bonds. The fourth-order valence-corrected chi connectivity index (χ4v) is 1.81. The van der Waals surface area contributed by atoms with Gasteiger partial charge in [-0.1, -0.05) is 24.3 Å². The molecule has 0 saturated heterocycles. The van der Waals surface area contributed by atoms with Crippen LogP contribution in [0.4, 0.5) is 0 Å². The number of rotatable bonds is 2. The Morgan fingerprint density at radius 2 is 1.88 bits per heavy atom. The summed E-state index contributed by atoms with van der Waals surface area (Å²) in [4.78, 5) is 8.61. The first-order chi connectivity index (χ1) is 7.72. The zero-order valence-corrected chi connectivity index (χ0v) is 9.57. The van der Waals surface area contributed by atoms with E-state index in [1.165, 1.54) is 0 Å². The normalized spacial score (nSPS) is 10.4. The van der Waals surface area contributed by atoms with Crippen molar-refractivity contribution in [1.82, 2.24) is 9.97 Å². The van der Waals surface area contributed by atoms with Gasteiger partial charge in [0.1, 0.15) is 5.82 Å². The molecule has 82 valence electrons. The summed E-state index contributed by atoms with van der Waals surface area (Å²) < 4.78 is 0. The molecule has 0 fully saturated rings. The van der Waals surface area contributed by atoms with Crippen LogP contribution in [0, 0.1) is 13.8 Å². The van der Waals surface area contributed by atoms with Gasteiger partial charge in [-0.05, 0) is 25.0 Å². The van der Waals surface area contributed by atoms with E-state index in [1.807, 2.05) is 38.2 Å². The second-order valence-corrected chi connectivity index (χ2v) is 3.78. The quantitative estimate of drug-likeness (QED) is 0.832. The highest BCUT2D eigenvalue weighted by Gasteiger charge is 2.07. The average Bonchev–Trinajstić information content (AvgIpc) is 2.29. The predicted octanol–water partition coefficient (Wildman–Crippen LogP) is 2.22. The Balaban J connectivity index is 2.58. The molecule has 1 heterocycles. The van der Waals surface area contributed by atoms with Gasteiger partial charge in [0.25, 0.3) is 0 Å². The summed E-state index contributed by atoms with van der Waals surface area (Å²) in [6.45, 7) is 4.42. The molecule has 0 spiro atoms. The van der Waals surface area contributed by atoms with Gasteiger partial charge in [0.2, 0.25) is 0 Å². The topological polar surface area (TPSA) is 51.8 Å². The van der Waals surface area contributed by atoms with Gasteiger partial charge < -0.3 is 5.73 Å². The maximum Gasteiger partial charge on any atom is 0.125 e. The van der Waals surface area contributed by atoms with Crippen LogP contribution in [-0.4, -0.2) is 9.97 Å². The molecule has 2 aromatic rings. The molecule has 0 aliphatic carbocycles. The highest BCUT2D eigenvalue weighted by molar-refractivity contribution is 5.68. The number of hydrogen-bond acceptors (Lipinski definition) is 3. The number of nitrogens with zero attached hydrogens (tertiary/aromatic N) is 2. The van der Waals surface area contributed by atoms with Gasteiger partial charge in [0.15, 0.2) is 0 Å². The number of aryl methyl sites for hydroxylation is 2. The van der Waals surface area contributed by atoms with Crippen molar-refractivity contribution < 1.29 is 0 Å². The van der Waals surface area contributed by atoms with E-state index in [2.05, 4.69) is 16.0 Å². The zero-order valence-electron chi connectivity index (χ0n) is 9.57. The molecule has 0 atom stereocenters. The number of benzene rings is 1. The predicted molar refractivity (Wildman–Crippen MR) is 64.8 cm³/mol. The second kappa shape index (κ2) is 4.41. The average molecular weight is 213 g/mol. The van der Waals surface area contributed by atoms with Gasteiger partial charge in [-0.2, -0.15) is 0 Å². The third-order valence-electron chi connectivity index (χ3n) is 2.63. The van der Waals surface area contributed by atoms with E-state index < -0.39 is 0 Å². The lowest BCUT2D eigenvalue weighted by atomic mass is 10.00. The third-order valence-corrected chi connectivity index (χ3v) is 2.63. The Morgan fingerprint density at radius 3 is 2.56 bits per heavy atom. The maximum atomic E-state index is 5.73. The lowest BCUT2D eigenvalue weighted by Crippen LogP contribution is -2.01. The standard InChI is InChI=1S/C13H15N3/c1-9-13(8-15-10(2)16-9)12-6-4-3-5-11(12)7-14/h3-6,8H,7,14H2,1-2H3. The molecule has 0 saturated carbocycles. The van der Waals surface area contributed by atoms with Crippen molar-refractivity contribution in [2.45, 2.75) is 20.4 Å². The molecule has 1 aromatic carbocycles. The van der Waals surface area contributed by atoms with Crippen molar-refractivity contribution in [1.29, 1.82) is 0 Å². The molecule has 16 heavy (non-hydrogen) atoms. The van der Waals surface area contributed by atoms with E-state index >= 15 is 0 Å². The summed E-state index contributed by atoms with van der Waals surface area (Å²) in [7, 11) is 0. The van der Waals surface area contributed by atoms with Crippen molar-refractivity contribution in [3.8, 4) is 11.1 Å². The summed E-state index contributed by atoms with van der Waals surface area (Å²) in [6, 6.07) is 8.10. The third kappa shape index (κ3) is 1.95. The van der Waals surface area contributed by atoms with Crippen LogP contribution < -0.4 is 5.73 Å². The molecule has 2 N–H and O–H groups in total. The van der Waals surface area contributed by atoms with Crippen molar-refractivity contribution >= 4 is 0 Å². The molecule has 0 bridgehead atoms. The fourth-order valence-electron chi connectivity index (χ4n) is 1.81. The van der Waals surface area contributed by atoms with Gasteiger partial charge in [0, 0.05) is 24.0 Å². The number of hydrogen-bond donors (Lipinski definition) is 1.